The number of carbonyl (C=O) groups is 2. The van der Waals surface area contributed by atoms with Crippen LogP contribution in [0.5, 0.6) is 11.5 Å². The van der Waals surface area contributed by atoms with Crippen LogP contribution in [0.15, 0.2) is 209 Å². The Morgan fingerprint density at radius 3 is 0.958 bits per heavy atom. The summed E-state index contributed by atoms with van der Waals surface area (Å²) >= 11 is 12.4. The molecule has 0 fully saturated rings. The van der Waals surface area contributed by atoms with Crippen LogP contribution in [0.3, 0.4) is 0 Å². The van der Waals surface area contributed by atoms with E-state index in [1.54, 1.807) is 26.4 Å². The SMILES string of the molecule is COc1ccc(/C=C/C(=O)OCCCCc2ccccc2)cc1.COc1ccc(/C=C/C(=O)OCCCCc2ccccc2)cc1.Cc1ccc(S)cc1.Cc1ccc(S)cc1.Cc1ccc(S)cc1.[Ru+3].[Ru+3]. The molecule has 11 heteroatoms. The van der Waals surface area contributed by atoms with Crippen molar-refractivity contribution in [2.24, 2.45) is 0 Å². The zero-order chi connectivity index (χ0) is 50.6. The summed E-state index contributed by atoms with van der Waals surface area (Å²) in [4.78, 5) is 26.3. The molecule has 0 saturated carbocycles. The van der Waals surface area contributed by atoms with Gasteiger partial charge in [-0.05, 0) is 154 Å². The maximum atomic E-state index is 11.6. The van der Waals surface area contributed by atoms with Crippen LogP contribution >= 0.6 is 37.9 Å². The summed E-state index contributed by atoms with van der Waals surface area (Å²) in [5.41, 5.74) is 8.35. The first-order chi connectivity index (χ1) is 33.9. The molecule has 0 unspecified atom stereocenters. The van der Waals surface area contributed by atoms with Crippen molar-refractivity contribution in [3.63, 3.8) is 0 Å². The number of rotatable bonds is 16. The number of unbranched alkanes of at least 4 members (excludes halogenated alkanes) is 2. The topological polar surface area (TPSA) is 71.1 Å². The van der Waals surface area contributed by atoms with Crippen LogP contribution < -0.4 is 9.47 Å². The molecule has 0 aromatic heterocycles. The number of hydrogen-bond acceptors (Lipinski definition) is 9. The summed E-state index contributed by atoms with van der Waals surface area (Å²) < 4.78 is 20.6. The van der Waals surface area contributed by atoms with Gasteiger partial charge in [-0.15, -0.1) is 37.9 Å². The fourth-order valence-corrected chi connectivity index (χ4v) is 6.43. The van der Waals surface area contributed by atoms with E-state index in [1.165, 1.54) is 40.0 Å². The first kappa shape index (κ1) is 64.9. The molecule has 0 aliphatic carbocycles. The summed E-state index contributed by atoms with van der Waals surface area (Å²) in [6.07, 6.45) is 12.2. The van der Waals surface area contributed by atoms with Gasteiger partial charge in [0.1, 0.15) is 11.5 Å². The first-order valence-electron chi connectivity index (χ1n) is 23.2. The van der Waals surface area contributed by atoms with Crippen molar-refractivity contribution in [2.75, 3.05) is 27.4 Å². The van der Waals surface area contributed by atoms with E-state index in [-0.39, 0.29) is 50.9 Å². The number of aryl methyl sites for hydroxylation is 5. The van der Waals surface area contributed by atoms with Crippen LogP contribution in [0.2, 0.25) is 0 Å². The smallest absolute Gasteiger partial charge is 0.497 e. The summed E-state index contributed by atoms with van der Waals surface area (Å²) in [5, 5.41) is 0. The van der Waals surface area contributed by atoms with Gasteiger partial charge in [-0.25, -0.2) is 9.59 Å². The molecule has 2 radical (unpaired) electrons. The number of benzene rings is 7. The monoisotopic (exact) mass is 1200 g/mol. The Labute approximate surface area is 471 Å². The van der Waals surface area contributed by atoms with Gasteiger partial charge in [0.2, 0.25) is 0 Å². The second kappa shape index (κ2) is 40.4. The van der Waals surface area contributed by atoms with Gasteiger partial charge in [-0.1, -0.05) is 138 Å². The third-order valence-corrected chi connectivity index (χ3v) is 10.9. The average Bonchev–Trinajstić information content (AvgIpc) is 3.39. The number of methoxy groups -OCH3 is 2. The predicted octanol–water partition coefficient (Wildman–Crippen LogP) is 15.4. The van der Waals surface area contributed by atoms with Crippen molar-refractivity contribution in [3.05, 3.63) is 233 Å². The van der Waals surface area contributed by atoms with E-state index < -0.39 is 0 Å². The maximum absolute atomic E-state index is 11.6. The van der Waals surface area contributed by atoms with Gasteiger partial charge in [0.15, 0.2) is 0 Å². The quantitative estimate of drug-likeness (QED) is 0.0294. The molecule has 6 nitrogen and oxygen atoms in total. The van der Waals surface area contributed by atoms with Crippen molar-refractivity contribution in [3.8, 4) is 11.5 Å². The van der Waals surface area contributed by atoms with Crippen LogP contribution in [-0.4, -0.2) is 39.4 Å². The Hall–Kier alpha value is -5.14. The molecule has 0 amide bonds. The van der Waals surface area contributed by atoms with E-state index in [9.17, 15) is 9.59 Å². The molecule has 376 valence electrons. The number of carbonyl (C=O) groups excluding carboxylic acids is 2. The van der Waals surface area contributed by atoms with E-state index in [0.29, 0.717) is 13.2 Å². The molecule has 0 bridgehead atoms. The van der Waals surface area contributed by atoms with Gasteiger partial charge in [-0.3, -0.25) is 0 Å². The molecule has 72 heavy (non-hydrogen) atoms. The zero-order valence-corrected chi connectivity index (χ0v) is 47.9. The van der Waals surface area contributed by atoms with E-state index in [1.807, 2.05) is 158 Å². The number of thiol groups is 3. The van der Waals surface area contributed by atoms with Crippen LogP contribution in [0.4, 0.5) is 0 Å². The molecule has 0 N–H and O–H groups in total. The second-order valence-corrected chi connectivity index (χ2v) is 17.5. The normalized spacial score (nSPS) is 9.89. The van der Waals surface area contributed by atoms with Crippen molar-refractivity contribution in [2.45, 2.75) is 74.0 Å². The van der Waals surface area contributed by atoms with Gasteiger partial charge in [0.05, 0.1) is 27.4 Å². The Morgan fingerprint density at radius 2 is 0.694 bits per heavy atom. The minimum absolute atomic E-state index is 0. The van der Waals surface area contributed by atoms with Gasteiger partial charge in [0, 0.05) is 26.8 Å². The minimum atomic E-state index is -0.305. The molecule has 0 atom stereocenters. The molecule has 7 aromatic carbocycles. The fourth-order valence-electron chi connectivity index (χ4n) is 5.99. The molecule has 0 spiro atoms. The third-order valence-electron chi connectivity index (χ3n) is 10.1. The molecule has 7 aromatic rings. The zero-order valence-electron chi connectivity index (χ0n) is 41.8. The predicted molar refractivity (Wildman–Crippen MR) is 300 cm³/mol. The van der Waals surface area contributed by atoms with Crippen LogP contribution in [-0.2, 0) is 70.9 Å². The third kappa shape index (κ3) is 32.0. The van der Waals surface area contributed by atoms with Crippen LogP contribution in [0.25, 0.3) is 12.2 Å². The summed E-state index contributed by atoms with van der Waals surface area (Å²) in [6, 6.07) is 59.8. The largest absolute Gasteiger partial charge is 3.00 e. The van der Waals surface area contributed by atoms with Crippen LogP contribution in [0, 0.1) is 20.8 Å². The Kier molecular flexibility index (Phi) is 36.4. The van der Waals surface area contributed by atoms with Crippen LogP contribution in [0.1, 0.15) is 64.6 Å². The van der Waals surface area contributed by atoms with Gasteiger partial charge in [0.25, 0.3) is 0 Å². The van der Waals surface area contributed by atoms with E-state index in [2.05, 4.69) is 82.9 Å². The molecular weight excluding hydrogens is 1130 g/mol. The Morgan fingerprint density at radius 1 is 0.403 bits per heavy atom. The van der Waals surface area contributed by atoms with Crippen molar-refractivity contribution < 1.29 is 67.5 Å². The summed E-state index contributed by atoms with van der Waals surface area (Å²) in [7, 11) is 3.25. The fraction of sp³-hybridized carbons (Fsp3) is 0.213. The van der Waals surface area contributed by atoms with Gasteiger partial charge >= 0.3 is 50.9 Å². The molecule has 0 aliphatic heterocycles. The number of esters is 2. The van der Waals surface area contributed by atoms with Crippen molar-refractivity contribution >= 4 is 62.0 Å². The van der Waals surface area contributed by atoms with E-state index in [4.69, 9.17) is 18.9 Å². The second-order valence-electron chi connectivity index (χ2n) is 15.9. The summed E-state index contributed by atoms with van der Waals surface area (Å²) in [6.45, 7) is 7.10. The van der Waals surface area contributed by atoms with E-state index >= 15 is 0 Å². The van der Waals surface area contributed by atoms with Gasteiger partial charge in [-0.2, -0.15) is 0 Å². The molecule has 0 heterocycles. The first-order valence-corrected chi connectivity index (χ1v) is 24.6. The van der Waals surface area contributed by atoms with E-state index in [0.717, 1.165) is 75.8 Å². The van der Waals surface area contributed by atoms with Crippen molar-refractivity contribution in [1.82, 2.24) is 0 Å². The molecule has 7 rings (SSSR count). The minimum Gasteiger partial charge on any atom is -0.497 e. The maximum Gasteiger partial charge on any atom is 3.00 e. The Balaban J connectivity index is 0.000000488. The molecular formula is C61H68O6Ru2S3+6. The van der Waals surface area contributed by atoms with Gasteiger partial charge < -0.3 is 18.9 Å². The molecule has 0 saturated heterocycles. The summed E-state index contributed by atoms with van der Waals surface area (Å²) in [5.74, 6) is 0.979. The standard InChI is InChI=1S/2C20H22O3.3C7H8S.2Ru/c2*1-22-19-13-10-18(11-14-19)12-15-20(21)23-16-6-5-9-17-7-3-2-4-8-17;3*1-6-2-4-7(8)5-3-6;;/h2*2-4,7-8,10-15H,5-6,9,16H2,1H3;3*2-5,8H,1H3;;/q;;;;;2*+3/b2*15-12+;;;;;. The Bertz CT molecular complexity index is 2240. The number of hydrogen-bond donors (Lipinski definition) is 3. The van der Waals surface area contributed by atoms with Crippen molar-refractivity contribution in [1.29, 1.82) is 0 Å². The number of ether oxygens (including phenoxy) is 4. The average molecular weight is 1200 g/mol. The molecule has 0 aliphatic rings.